The molecule has 0 spiro atoms. The number of hydrogen-bond donors (Lipinski definition) is 0. The molecule has 4 nitrogen and oxygen atoms in total. The van der Waals surface area contributed by atoms with Crippen molar-refractivity contribution in [3.05, 3.63) is 76.2 Å². The highest BCUT2D eigenvalue weighted by Crippen LogP contribution is 2.60. The van der Waals surface area contributed by atoms with Gasteiger partial charge in [0.1, 0.15) is 5.76 Å². The van der Waals surface area contributed by atoms with Crippen LogP contribution >= 0.6 is 0 Å². The zero-order valence-electron chi connectivity index (χ0n) is 16.6. The lowest BCUT2D eigenvalue weighted by molar-refractivity contribution is 0.0391. The summed E-state index contributed by atoms with van der Waals surface area (Å²) < 4.78 is 11.0. The molecular weight excluding hydrogens is 388 g/mol. The van der Waals surface area contributed by atoms with Crippen LogP contribution < -0.4 is 5.22 Å². The van der Waals surface area contributed by atoms with Crippen LogP contribution in [0.3, 0.4) is 0 Å². The third kappa shape index (κ3) is 1.72. The van der Waals surface area contributed by atoms with Gasteiger partial charge in [-0.1, -0.05) is 30.8 Å². The molecule has 4 aromatic rings. The van der Waals surface area contributed by atoms with Gasteiger partial charge in [-0.05, 0) is 73.7 Å². The van der Waals surface area contributed by atoms with Crippen LogP contribution in [0.1, 0.15) is 44.2 Å². The summed E-state index contributed by atoms with van der Waals surface area (Å²) in [6, 6.07) is 12.1. The fourth-order valence-corrected chi connectivity index (χ4v) is 6.39. The van der Waals surface area contributed by atoms with E-state index in [0.717, 1.165) is 40.1 Å². The first-order chi connectivity index (χ1) is 15.1. The molecular formula is C27H16O4. The molecule has 4 aromatic carbocycles. The van der Waals surface area contributed by atoms with Crippen molar-refractivity contribution in [2.75, 3.05) is 6.61 Å². The number of carbonyl (C=O) groups is 2. The first-order valence-corrected chi connectivity index (χ1v) is 10.7. The van der Waals surface area contributed by atoms with Gasteiger partial charge in [-0.2, -0.15) is 0 Å². The normalized spacial score (nSPS) is 23.1. The lowest BCUT2D eigenvalue weighted by Gasteiger charge is -2.24. The second-order valence-electron chi connectivity index (χ2n) is 9.07. The van der Waals surface area contributed by atoms with Gasteiger partial charge in [-0.3, -0.25) is 0 Å². The molecule has 2 unspecified atom stereocenters. The number of esters is 2. The molecule has 1 saturated carbocycles. The van der Waals surface area contributed by atoms with Crippen LogP contribution in [0.4, 0.5) is 0 Å². The third-order valence-corrected chi connectivity index (χ3v) is 7.68. The molecule has 0 aromatic heterocycles. The van der Waals surface area contributed by atoms with Gasteiger partial charge in [0.05, 0.1) is 17.7 Å². The fourth-order valence-electron chi connectivity index (χ4n) is 6.39. The molecule has 31 heavy (non-hydrogen) atoms. The molecule has 0 N–H and O–H groups in total. The van der Waals surface area contributed by atoms with E-state index in [1.165, 1.54) is 32.7 Å². The lowest BCUT2D eigenvalue weighted by Crippen LogP contribution is -2.21. The van der Waals surface area contributed by atoms with Gasteiger partial charge in [0.25, 0.3) is 0 Å². The molecule has 0 amide bonds. The number of hydrogen-bond acceptors (Lipinski definition) is 4. The maximum atomic E-state index is 12.5. The van der Waals surface area contributed by atoms with Crippen LogP contribution in [0.25, 0.3) is 37.9 Å². The summed E-state index contributed by atoms with van der Waals surface area (Å²) in [6.45, 7) is 4.92. The summed E-state index contributed by atoms with van der Waals surface area (Å²) in [5.41, 5.74) is 4.92. The molecule has 2 aliphatic heterocycles. The van der Waals surface area contributed by atoms with Crippen LogP contribution in [-0.2, 0) is 15.9 Å². The standard InChI is InChI=1S/C27H16O4/c1-11-20-18-10-19(18)23-15-5-7-17-24-16(26(28)31-27(17)29)6-4-13(22(15)24)14-3-2-12(8-9-30-11)21(20)25(14)23/h2-7,18-19H,1,8-10H2. The van der Waals surface area contributed by atoms with E-state index in [1.807, 2.05) is 12.1 Å². The Hall–Kier alpha value is -3.66. The predicted molar refractivity (Wildman–Crippen MR) is 117 cm³/mol. The van der Waals surface area contributed by atoms with Crippen LogP contribution in [0.5, 0.6) is 0 Å². The van der Waals surface area contributed by atoms with Gasteiger partial charge in [-0.25, -0.2) is 9.59 Å². The summed E-state index contributed by atoms with van der Waals surface area (Å²) in [5.74, 6) is 0.558. The number of ether oxygens (including phenoxy) is 2. The van der Waals surface area contributed by atoms with E-state index in [1.54, 1.807) is 6.07 Å². The minimum absolute atomic E-state index is 0.423. The Morgan fingerprint density at radius 1 is 0.806 bits per heavy atom. The summed E-state index contributed by atoms with van der Waals surface area (Å²) in [4.78, 5) is 25.0. The Labute approximate surface area is 176 Å². The number of cyclic esters (lactones) is 2. The van der Waals surface area contributed by atoms with Crippen LogP contribution in [0.15, 0.2) is 48.7 Å². The Morgan fingerprint density at radius 3 is 2.32 bits per heavy atom. The van der Waals surface area contributed by atoms with Crippen molar-refractivity contribution in [2.45, 2.75) is 18.8 Å². The molecule has 0 saturated heterocycles. The zero-order valence-corrected chi connectivity index (χ0v) is 16.6. The summed E-state index contributed by atoms with van der Waals surface area (Å²) in [6.07, 6.45) is 1.95. The van der Waals surface area contributed by atoms with E-state index in [9.17, 15) is 9.59 Å². The van der Waals surface area contributed by atoms with Gasteiger partial charge in [-0.15, -0.1) is 0 Å². The second-order valence-corrected chi connectivity index (χ2v) is 9.07. The molecule has 1 fully saturated rings. The smallest absolute Gasteiger partial charge is 0.346 e. The Kier molecular flexibility index (Phi) is 2.58. The van der Waals surface area contributed by atoms with E-state index in [0.29, 0.717) is 29.6 Å². The Bertz CT molecular complexity index is 1650. The van der Waals surface area contributed by atoms with Crippen molar-refractivity contribution < 1.29 is 19.1 Å². The van der Waals surface area contributed by atoms with Crippen LogP contribution in [-0.4, -0.2) is 18.5 Å². The lowest BCUT2D eigenvalue weighted by atomic mass is 9.80. The number of allylic oxidation sites excluding steroid dienone is 1. The number of rotatable bonds is 0. The quantitative estimate of drug-likeness (QED) is 0.187. The van der Waals surface area contributed by atoms with E-state index < -0.39 is 11.9 Å². The maximum Gasteiger partial charge on any atom is 0.346 e. The Balaban J connectivity index is 1.70. The minimum Gasteiger partial charge on any atom is -0.494 e. The van der Waals surface area contributed by atoms with Crippen molar-refractivity contribution in [1.29, 1.82) is 0 Å². The molecule has 2 atom stereocenters. The van der Waals surface area contributed by atoms with Gasteiger partial charge in [0.15, 0.2) is 0 Å². The summed E-state index contributed by atoms with van der Waals surface area (Å²) in [5, 5.41) is 7.77. The Morgan fingerprint density at radius 2 is 1.52 bits per heavy atom. The van der Waals surface area contributed by atoms with E-state index in [-0.39, 0.29) is 0 Å². The average molecular weight is 404 g/mol. The van der Waals surface area contributed by atoms with Crippen molar-refractivity contribution in [3.63, 3.8) is 0 Å². The first-order valence-electron chi connectivity index (χ1n) is 10.7. The molecule has 0 radical (unpaired) electrons. The fraction of sp³-hybridized carbons (Fsp3) is 0.185. The largest absolute Gasteiger partial charge is 0.494 e. The molecule has 0 bridgehead atoms. The molecule has 2 aliphatic carbocycles. The highest BCUT2D eigenvalue weighted by atomic mass is 16.6. The summed E-state index contributed by atoms with van der Waals surface area (Å²) >= 11 is 0. The van der Waals surface area contributed by atoms with E-state index in [2.05, 4.69) is 24.8 Å². The average Bonchev–Trinajstić information content (AvgIpc) is 3.57. The van der Waals surface area contributed by atoms with Gasteiger partial charge < -0.3 is 9.47 Å². The van der Waals surface area contributed by atoms with Crippen LogP contribution in [0.2, 0.25) is 0 Å². The van der Waals surface area contributed by atoms with Crippen molar-refractivity contribution in [2.24, 2.45) is 5.92 Å². The maximum absolute atomic E-state index is 12.5. The third-order valence-electron chi connectivity index (χ3n) is 7.68. The number of carbonyl (C=O) groups excluding carboxylic acids is 2. The molecule has 8 rings (SSSR count). The highest BCUT2D eigenvalue weighted by molar-refractivity contribution is 6.32. The minimum atomic E-state index is -0.559. The topological polar surface area (TPSA) is 52.6 Å². The summed E-state index contributed by atoms with van der Waals surface area (Å²) in [7, 11) is 0. The van der Waals surface area contributed by atoms with E-state index >= 15 is 0 Å². The van der Waals surface area contributed by atoms with Gasteiger partial charge in [0, 0.05) is 17.4 Å². The monoisotopic (exact) mass is 404 g/mol. The predicted octanol–water partition coefficient (Wildman–Crippen LogP) is 4.53. The van der Waals surface area contributed by atoms with Crippen molar-refractivity contribution in [3.8, 4) is 0 Å². The molecule has 148 valence electrons. The number of fused-ring (bicyclic) bond motifs is 5. The molecule has 4 heteroatoms. The van der Waals surface area contributed by atoms with Gasteiger partial charge in [0.2, 0.25) is 0 Å². The zero-order chi connectivity index (χ0) is 20.6. The number of benzene rings is 4. The highest BCUT2D eigenvalue weighted by Gasteiger charge is 2.48. The molecule has 2 heterocycles. The van der Waals surface area contributed by atoms with Gasteiger partial charge >= 0.3 is 11.9 Å². The van der Waals surface area contributed by atoms with Crippen LogP contribution in [0, 0.1) is 5.92 Å². The first kappa shape index (κ1) is 16.1. The van der Waals surface area contributed by atoms with Crippen molar-refractivity contribution in [1.82, 2.24) is 0 Å². The second kappa shape index (κ2) is 4.97. The SMILES string of the molecule is C=C1OCCc2ccc3c4c(c5ccc6c7c(ccc3c57)C(=O)OC6=O)C3CC3C1=c24. The van der Waals surface area contributed by atoms with Crippen molar-refractivity contribution >= 4 is 49.8 Å². The van der Waals surface area contributed by atoms with E-state index in [4.69, 9.17) is 9.47 Å². The molecule has 4 aliphatic rings.